The molecular formula is C38H46N2O5S. The monoisotopic (exact) mass is 642 g/mol. The van der Waals surface area contributed by atoms with Crippen LogP contribution in [0.2, 0.25) is 0 Å². The second-order valence-corrected chi connectivity index (χ2v) is 15.1. The molecule has 4 bridgehead atoms. The van der Waals surface area contributed by atoms with Gasteiger partial charge < -0.3 is 30.0 Å². The molecule has 4 aliphatic carbocycles. The quantitative estimate of drug-likeness (QED) is 0.198. The van der Waals surface area contributed by atoms with Gasteiger partial charge in [-0.05, 0) is 85.1 Å². The molecule has 8 heteroatoms. The number of aliphatic hydroxyl groups is 1. The number of ether oxygens (including phenoxy) is 3. The maximum Gasteiger partial charge on any atom is 0.315 e. The standard InChI is InChI=1S/C38H46N2O5S/c1-24-33(23-46-34-6-4-3-5-32(34)43-2)44-36(45-35(24)30-11-9-26(22-41)10-12-30)31-13-7-25(8-14-31)21-39-37(42)40-38-18-27-15-28(19-38)17-29(16-27)20-38/h3-14,24,27-29,33,35-36,41H,15-23H2,1-2H3,(H2,39,40,42). The first-order valence-electron chi connectivity index (χ1n) is 16.8. The van der Waals surface area contributed by atoms with Crippen molar-refractivity contribution in [2.45, 2.75) is 87.5 Å². The number of amides is 2. The Labute approximate surface area is 276 Å². The molecule has 0 radical (unpaired) electrons. The molecule has 0 spiro atoms. The molecule has 1 aliphatic heterocycles. The number of urea groups is 1. The largest absolute Gasteiger partial charge is 0.496 e. The van der Waals surface area contributed by atoms with E-state index in [1.165, 1.54) is 19.3 Å². The Kier molecular flexibility index (Phi) is 9.33. The van der Waals surface area contributed by atoms with E-state index in [1.54, 1.807) is 18.9 Å². The van der Waals surface area contributed by atoms with Crippen LogP contribution in [0.1, 0.15) is 80.1 Å². The molecule has 46 heavy (non-hydrogen) atoms. The molecule has 3 aromatic carbocycles. The van der Waals surface area contributed by atoms with E-state index in [2.05, 4.69) is 35.8 Å². The summed E-state index contributed by atoms with van der Waals surface area (Å²) in [6.45, 7) is 2.66. The molecule has 4 unspecified atom stereocenters. The van der Waals surface area contributed by atoms with Crippen LogP contribution < -0.4 is 15.4 Å². The number of hydrogen-bond acceptors (Lipinski definition) is 6. The third-order valence-electron chi connectivity index (χ3n) is 10.7. The van der Waals surface area contributed by atoms with Crippen LogP contribution in [0, 0.1) is 23.7 Å². The highest BCUT2D eigenvalue weighted by atomic mass is 32.2. The van der Waals surface area contributed by atoms with Crippen LogP contribution in [0.15, 0.2) is 77.7 Å². The highest BCUT2D eigenvalue weighted by Gasteiger charge is 2.51. The smallest absolute Gasteiger partial charge is 0.315 e. The van der Waals surface area contributed by atoms with Crippen LogP contribution in [0.4, 0.5) is 4.79 Å². The van der Waals surface area contributed by atoms with Crippen LogP contribution in [0.3, 0.4) is 0 Å². The van der Waals surface area contributed by atoms with Crippen LogP contribution in [-0.4, -0.2) is 35.6 Å². The molecule has 3 aromatic rings. The Morgan fingerprint density at radius 3 is 2.17 bits per heavy atom. The molecule has 4 atom stereocenters. The fourth-order valence-electron chi connectivity index (χ4n) is 8.74. The summed E-state index contributed by atoms with van der Waals surface area (Å²) in [5.41, 5.74) is 3.92. The molecule has 3 N–H and O–H groups in total. The molecule has 2 amide bonds. The topological polar surface area (TPSA) is 89.1 Å². The van der Waals surface area contributed by atoms with Gasteiger partial charge in [0.05, 0.1) is 25.9 Å². The van der Waals surface area contributed by atoms with E-state index in [-0.39, 0.29) is 36.3 Å². The van der Waals surface area contributed by atoms with Gasteiger partial charge in [-0.25, -0.2) is 4.79 Å². The summed E-state index contributed by atoms with van der Waals surface area (Å²) >= 11 is 1.73. The SMILES string of the molecule is COc1ccccc1SCC1OC(c2ccc(CNC(=O)NC34CC5CC(CC(C5)C3)C4)cc2)OC(c2ccc(CO)cc2)C1C. The van der Waals surface area contributed by atoms with E-state index < -0.39 is 6.29 Å². The zero-order chi connectivity index (χ0) is 31.7. The summed E-state index contributed by atoms with van der Waals surface area (Å²) < 4.78 is 18.9. The molecule has 4 saturated carbocycles. The number of nitrogens with one attached hydrogen (secondary N) is 2. The summed E-state index contributed by atoms with van der Waals surface area (Å²) in [7, 11) is 1.70. The van der Waals surface area contributed by atoms with Gasteiger partial charge in [-0.3, -0.25) is 0 Å². The average molecular weight is 643 g/mol. The third kappa shape index (κ3) is 6.82. The Hall–Kier alpha value is -3.04. The predicted molar refractivity (Wildman–Crippen MR) is 179 cm³/mol. The normalized spacial score (nSPS) is 31.4. The fourth-order valence-corrected chi connectivity index (χ4v) is 9.94. The molecule has 8 rings (SSSR count). The van der Waals surface area contributed by atoms with Gasteiger partial charge in [-0.1, -0.05) is 67.6 Å². The zero-order valence-corrected chi connectivity index (χ0v) is 27.6. The van der Waals surface area contributed by atoms with Gasteiger partial charge in [0.1, 0.15) is 5.75 Å². The molecule has 0 aromatic heterocycles. The van der Waals surface area contributed by atoms with Crippen LogP contribution >= 0.6 is 11.8 Å². The molecular weight excluding hydrogens is 596 g/mol. The van der Waals surface area contributed by atoms with Crippen molar-refractivity contribution in [3.8, 4) is 5.75 Å². The minimum atomic E-state index is -0.539. The van der Waals surface area contributed by atoms with E-state index in [9.17, 15) is 9.90 Å². The number of aliphatic hydroxyl groups excluding tert-OH is 1. The van der Waals surface area contributed by atoms with Gasteiger partial charge in [0, 0.05) is 34.2 Å². The van der Waals surface area contributed by atoms with Crippen molar-refractivity contribution in [1.82, 2.24) is 10.6 Å². The number of carbonyl (C=O) groups excluding carboxylic acids is 1. The Balaban J connectivity index is 1.01. The van der Waals surface area contributed by atoms with Crippen molar-refractivity contribution < 1.29 is 24.1 Å². The zero-order valence-electron chi connectivity index (χ0n) is 26.8. The summed E-state index contributed by atoms with van der Waals surface area (Å²) in [6, 6.07) is 24.2. The van der Waals surface area contributed by atoms with Gasteiger partial charge in [-0.15, -0.1) is 11.8 Å². The van der Waals surface area contributed by atoms with Crippen molar-refractivity contribution in [3.63, 3.8) is 0 Å². The van der Waals surface area contributed by atoms with E-state index in [4.69, 9.17) is 14.2 Å². The lowest BCUT2D eigenvalue weighted by molar-refractivity contribution is -0.268. The first-order valence-corrected chi connectivity index (χ1v) is 17.8. The molecule has 5 aliphatic rings. The van der Waals surface area contributed by atoms with Gasteiger partial charge in [0.25, 0.3) is 0 Å². The lowest BCUT2D eigenvalue weighted by Crippen LogP contribution is -2.61. The minimum absolute atomic E-state index is 0.00487. The van der Waals surface area contributed by atoms with Crippen LogP contribution in [0.5, 0.6) is 5.75 Å². The van der Waals surface area contributed by atoms with Crippen molar-refractivity contribution in [2.75, 3.05) is 12.9 Å². The Morgan fingerprint density at radius 1 is 0.891 bits per heavy atom. The van der Waals surface area contributed by atoms with E-state index in [0.29, 0.717) is 6.54 Å². The number of benzene rings is 3. The lowest BCUT2D eigenvalue weighted by Gasteiger charge is -2.56. The Bertz CT molecular complexity index is 1460. The van der Waals surface area contributed by atoms with E-state index in [0.717, 1.165) is 75.7 Å². The fraction of sp³-hybridized carbons (Fsp3) is 0.500. The predicted octanol–water partition coefficient (Wildman–Crippen LogP) is 7.54. The van der Waals surface area contributed by atoms with Crippen molar-refractivity contribution in [2.24, 2.45) is 23.7 Å². The Morgan fingerprint density at radius 2 is 1.52 bits per heavy atom. The molecule has 244 valence electrons. The third-order valence-corrected chi connectivity index (χ3v) is 11.9. The minimum Gasteiger partial charge on any atom is -0.496 e. The molecule has 1 saturated heterocycles. The van der Waals surface area contributed by atoms with Crippen LogP contribution in [-0.2, 0) is 22.6 Å². The summed E-state index contributed by atoms with van der Waals surface area (Å²) in [5.74, 6) is 4.08. The number of para-hydroxylation sites is 1. The first-order chi connectivity index (χ1) is 22.4. The number of methoxy groups -OCH3 is 1. The summed E-state index contributed by atoms with van der Waals surface area (Å²) in [6.07, 6.45) is 6.73. The van der Waals surface area contributed by atoms with E-state index >= 15 is 0 Å². The van der Waals surface area contributed by atoms with Crippen LogP contribution in [0.25, 0.3) is 0 Å². The van der Waals surface area contributed by atoms with Gasteiger partial charge >= 0.3 is 6.03 Å². The van der Waals surface area contributed by atoms with Crippen molar-refractivity contribution >= 4 is 17.8 Å². The lowest BCUT2D eigenvalue weighted by atomic mass is 9.53. The second-order valence-electron chi connectivity index (χ2n) is 14.0. The molecule has 7 nitrogen and oxygen atoms in total. The highest BCUT2D eigenvalue weighted by Crippen LogP contribution is 2.55. The highest BCUT2D eigenvalue weighted by molar-refractivity contribution is 7.99. The van der Waals surface area contributed by atoms with Gasteiger partial charge in [0.2, 0.25) is 0 Å². The van der Waals surface area contributed by atoms with E-state index in [1.807, 2.05) is 54.6 Å². The second kappa shape index (κ2) is 13.6. The number of hydrogen-bond donors (Lipinski definition) is 3. The maximum absolute atomic E-state index is 13.0. The van der Waals surface area contributed by atoms with Crippen molar-refractivity contribution in [1.29, 1.82) is 0 Å². The first kappa shape index (κ1) is 31.6. The number of carbonyl (C=O) groups is 1. The average Bonchev–Trinajstić information content (AvgIpc) is 3.06. The molecule has 1 heterocycles. The number of thioether (sulfide) groups is 1. The van der Waals surface area contributed by atoms with Crippen molar-refractivity contribution in [3.05, 3.63) is 95.1 Å². The van der Waals surface area contributed by atoms with Gasteiger partial charge in [-0.2, -0.15) is 0 Å². The maximum atomic E-state index is 13.0. The van der Waals surface area contributed by atoms with Gasteiger partial charge in [0.15, 0.2) is 6.29 Å². The summed E-state index contributed by atoms with van der Waals surface area (Å²) in [5, 5.41) is 16.1. The number of rotatable bonds is 10. The summed E-state index contributed by atoms with van der Waals surface area (Å²) in [4.78, 5) is 14.1. The molecule has 5 fully saturated rings.